The zero-order chi connectivity index (χ0) is 10.6. The average molecular weight is 200 g/mol. The van der Waals surface area contributed by atoms with Crippen molar-refractivity contribution in [3.8, 4) is 0 Å². The SMILES string of the molecule is CN(CCCCC(C)(O)CN)C1CC1. The Morgan fingerprint density at radius 3 is 2.57 bits per heavy atom. The summed E-state index contributed by atoms with van der Waals surface area (Å²) in [5.41, 5.74) is 4.79. The summed E-state index contributed by atoms with van der Waals surface area (Å²) >= 11 is 0. The normalized spacial score (nSPS) is 21.2. The fourth-order valence-corrected chi connectivity index (χ4v) is 1.67. The van der Waals surface area contributed by atoms with Gasteiger partial charge in [-0.1, -0.05) is 0 Å². The first kappa shape index (κ1) is 12.0. The van der Waals surface area contributed by atoms with Crippen molar-refractivity contribution in [2.75, 3.05) is 20.1 Å². The molecule has 0 aromatic carbocycles. The van der Waals surface area contributed by atoms with E-state index >= 15 is 0 Å². The third-order valence-corrected chi connectivity index (χ3v) is 3.09. The summed E-state index contributed by atoms with van der Waals surface area (Å²) in [7, 11) is 2.19. The molecule has 0 amide bonds. The molecule has 0 aromatic heterocycles. The van der Waals surface area contributed by atoms with Crippen molar-refractivity contribution in [2.24, 2.45) is 5.73 Å². The smallest absolute Gasteiger partial charge is 0.0741 e. The van der Waals surface area contributed by atoms with Crippen molar-refractivity contribution >= 4 is 0 Å². The molecule has 1 unspecified atom stereocenters. The van der Waals surface area contributed by atoms with Crippen LogP contribution >= 0.6 is 0 Å². The molecular weight excluding hydrogens is 176 g/mol. The largest absolute Gasteiger partial charge is 0.389 e. The van der Waals surface area contributed by atoms with Crippen molar-refractivity contribution in [3.05, 3.63) is 0 Å². The molecule has 0 saturated heterocycles. The van der Waals surface area contributed by atoms with Crippen molar-refractivity contribution in [3.63, 3.8) is 0 Å². The van der Waals surface area contributed by atoms with Crippen LogP contribution in [0.1, 0.15) is 39.0 Å². The minimum atomic E-state index is -0.655. The van der Waals surface area contributed by atoms with Gasteiger partial charge >= 0.3 is 0 Å². The molecule has 1 fully saturated rings. The zero-order valence-corrected chi connectivity index (χ0v) is 9.50. The topological polar surface area (TPSA) is 49.5 Å². The Kier molecular flexibility index (Phi) is 4.35. The average Bonchev–Trinajstić information content (AvgIpc) is 2.95. The van der Waals surface area contributed by atoms with E-state index in [0.29, 0.717) is 6.54 Å². The molecule has 0 spiro atoms. The highest BCUT2D eigenvalue weighted by molar-refractivity contribution is 4.82. The number of aliphatic hydroxyl groups is 1. The lowest BCUT2D eigenvalue weighted by molar-refractivity contribution is 0.0565. The molecule has 0 heterocycles. The number of unbranched alkanes of at least 4 members (excludes halogenated alkanes) is 1. The van der Waals surface area contributed by atoms with Crippen LogP contribution < -0.4 is 5.73 Å². The van der Waals surface area contributed by atoms with Gasteiger partial charge in [-0.05, 0) is 52.6 Å². The zero-order valence-electron chi connectivity index (χ0n) is 9.50. The van der Waals surface area contributed by atoms with Gasteiger partial charge in [0.25, 0.3) is 0 Å². The van der Waals surface area contributed by atoms with Crippen LogP contribution in [0.15, 0.2) is 0 Å². The van der Waals surface area contributed by atoms with E-state index < -0.39 is 5.60 Å². The number of nitrogens with zero attached hydrogens (tertiary/aromatic N) is 1. The third-order valence-electron chi connectivity index (χ3n) is 3.09. The van der Waals surface area contributed by atoms with Crippen LogP contribution in [0.4, 0.5) is 0 Å². The molecule has 3 N–H and O–H groups in total. The van der Waals surface area contributed by atoms with Gasteiger partial charge in [-0.2, -0.15) is 0 Å². The van der Waals surface area contributed by atoms with Gasteiger partial charge in [0, 0.05) is 12.6 Å². The van der Waals surface area contributed by atoms with Crippen molar-refractivity contribution < 1.29 is 5.11 Å². The maximum absolute atomic E-state index is 9.67. The molecule has 0 aromatic rings. The second-order valence-electron chi connectivity index (χ2n) is 4.87. The molecule has 1 aliphatic carbocycles. The summed E-state index contributed by atoms with van der Waals surface area (Å²) < 4.78 is 0. The van der Waals surface area contributed by atoms with Crippen LogP contribution in [0.2, 0.25) is 0 Å². The predicted octanol–water partition coefficient (Wildman–Crippen LogP) is 0.961. The molecule has 1 saturated carbocycles. The second kappa shape index (κ2) is 5.10. The number of hydrogen-bond acceptors (Lipinski definition) is 3. The first-order chi connectivity index (χ1) is 6.55. The number of nitrogens with two attached hydrogens (primary N) is 1. The van der Waals surface area contributed by atoms with Gasteiger partial charge in [0.15, 0.2) is 0 Å². The molecule has 1 rings (SSSR count). The van der Waals surface area contributed by atoms with Crippen LogP contribution in [-0.2, 0) is 0 Å². The van der Waals surface area contributed by atoms with Crippen molar-refractivity contribution in [2.45, 2.75) is 50.7 Å². The van der Waals surface area contributed by atoms with E-state index in [9.17, 15) is 5.11 Å². The molecular formula is C11H24N2O. The van der Waals surface area contributed by atoms with Gasteiger partial charge in [0.2, 0.25) is 0 Å². The van der Waals surface area contributed by atoms with Crippen LogP contribution in [0.3, 0.4) is 0 Å². The quantitative estimate of drug-likeness (QED) is 0.602. The molecule has 3 nitrogen and oxygen atoms in total. The summed E-state index contributed by atoms with van der Waals surface area (Å²) in [6, 6.07) is 0.852. The lowest BCUT2D eigenvalue weighted by atomic mass is 9.99. The minimum Gasteiger partial charge on any atom is -0.389 e. The highest BCUT2D eigenvalue weighted by Gasteiger charge is 2.25. The standard InChI is InChI=1S/C11H24N2O/c1-11(14,9-12)7-3-4-8-13(2)10-5-6-10/h10,14H,3-9,12H2,1-2H3. The summed E-state index contributed by atoms with van der Waals surface area (Å²) in [5.74, 6) is 0. The number of hydrogen-bond donors (Lipinski definition) is 2. The van der Waals surface area contributed by atoms with Crippen LogP contribution in [0.25, 0.3) is 0 Å². The van der Waals surface area contributed by atoms with Crippen molar-refractivity contribution in [1.82, 2.24) is 4.90 Å². The van der Waals surface area contributed by atoms with E-state index in [1.54, 1.807) is 0 Å². The van der Waals surface area contributed by atoms with E-state index in [2.05, 4.69) is 11.9 Å². The first-order valence-corrected chi connectivity index (χ1v) is 5.68. The molecule has 1 aliphatic rings. The van der Waals surface area contributed by atoms with Gasteiger partial charge in [-0.25, -0.2) is 0 Å². The van der Waals surface area contributed by atoms with Gasteiger partial charge in [0.1, 0.15) is 0 Å². The first-order valence-electron chi connectivity index (χ1n) is 5.68. The fourth-order valence-electron chi connectivity index (χ4n) is 1.67. The maximum Gasteiger partial charge on any atom is 0.0741 e. The monoisotopic (exact) mass is 200 g/mol. The highest BCUT2D eigenvalue weighted by atomic mass is 16.3. The minimum absolute atomic E-state index is 0.367. The Morgan fingerprint density at radius 2 is 2.07 bits per heavy atom. The van der Waals surface area contributed by atoms with E-state index in [0.717, 1.165) is 25.4 Å². The maximum atomic E-state index is 9.67. The Balaban J connectivity index is 1.98. The molecule has 0 aliphatic heterocycles. The molecule has 3 heteroatoms. The Bertz CT molecular complexity index is 167. The van der Waals surface area contributed by atoms with Gasteiger partial charge in [-0.15, -0.1) is 0 Å². The van der Waals surface area contributed by atoms with Crippen molar-refractivity contribution in [1.29, 1.82) is 0 Å². The summed E-state index contributed by atoms with van der Waals surface area (Å²) in [6.07, 6.45) is 5.81. The van der Waals surface area contributed by atoms with E-state index in [-0.39, 0.29) is 0 Å². The second-order valence-corrected chi connectivity index (χ2v) is 4.87. The van der Waals surface area contributed by atoms with E-state index in [1.165, 1.54) is 19.3 Å². The van der Waals surface area contributed by atoms with Gasteiger partial charge < -0.3 is 15.7 Å². The Hall–Kier alpha value is -0.120. The summed E-state index contributed by atoms with van der Waals surface area (Å²) in [4.78, 5) is 2.43. The molecule has 84 valence electrons. The Morgan fingerprint density at radius 1 is 1.43 bits per heavy atom. The van der Waals surface area contributed by atoms with Crippen LogP contribution in [0.5, 0.6) is 0 Å². The Labute approximate surface area is 87.3 Å². The summed E-state index contributed by atoms with van der Waals surface area (Å²) in [5, 5.41) is 9.67. The van der Waals surface area contributed by atoms with Crippen LogP contribution in [0, 0.1) is 0 Å². The van der Waals surface area contributed by atoms with Crippen LogP contribution in [-0.4, -0.2) is 41.8 Å². The highest BCUT2D eigenvalue weighted by Crippen LogP contribution is 2.25. The van der Waals surface area contributed by atoms with Gasteiger partial charge in [0.05, 0.1) is 5.60 Å². The molecule has 1 atom stereocenters. The lowest BCUT2D eigenvalue weighted by Crippen LogP contribution is -2.34. The summed E-state index contributed by atoms with van der Waals surface area (Å²) in [6.45, 7) is 3.34. The third kappa shape index (κ3) is 4.40. The number of rotatable bonds is 7. The molecule has 0 radical (unpaired) electrons. The van der Waals surface area contributed by atoms with E-state index in [1.807, 2.05) is 6.92 Å². The van der Waals surface area contributed by atoms with Gasteiger partial charge in [-0.3, -0.25) is 0 Å². The molecule has 14 heavy (non-hydrogen) atoms. The fraction of sp³-hybridized carbons (Fsp3) is 1.00. The molecule has 0 bridgehead atoms. The lowest BCUT2D eigenvalue weighted by Gasteiger charge is -2.21. The van der Waals surface area contributed by atoms with E-state index in [4.69, 9.17) is 5.73 Å². The predicted molar refractivity (Wildman–Crippen MR) is 59.2 cm³/mol.